The third kappa shape index (κ3) is 3.45. The Hall–Kier alpha value is -1.59. The van der Waals surface area contributed by atoms with E-state index in [4.69, 9.17) is 11.6 Å². The van der Waals surface area contributed by atoms with E-state index in [9.17, 15) is 4.79 Å². The first kappa shape index (κ1) is 12.9. The number of urea groups is 1. The minimum atomic E-state index is -0.264. The van der Waals surface area contributed by atoms with Gasteiger partial charge in [-0.05, 0) is 31.2 Å². The van der Waals surface area contributed by atoms with Gasteiger partial charge < -0.3 is 10.6 Å². The van der Waals surface area contributed by atoms with E-state index in [1.807, 2.05) is 19.1 Å². The molecule has 2 heterocycles. The van der Waals surface area contributed by atoms with Crippen LogP contribution in [0.25, 0.3) is 0 Å². The first-order chi connectivity index (χ1) is 8.65. The molecule has 2 N–H and O–H groups in total. The van der Waals surface area contributed by atoms with Crippen LogP contribution in [0.3, 0.4) is 0 Å². The highest BCUT2D eigenvalue weighted by molar-refractivity contribution is 7.16. The van der Waals surface area contributed by atoms with Gasteiger partial charge in [0.15, 0.2) is 0 Å². The Labute approximate surface area is 114 Å². The molecule has 0 radical (unpaired) electrons. The minimum Gasteiger partial charge on any atom is -0.331 e. The summed E-state index contributed by atoms with van der Waals surface area (Å²) in [6.07, 6.45) is 3.24. The molecule has 0 aliphatic carbocycles. The van der Waals surface area contributed by atoms with Crippen molar-refractivity contribution in [3.8, 4) is 0 Å². The van der Waals surface area contributed by atoms with E-state index in [0.717, 1.165) is 4.88 Å². The van der Waals surface area contributed by atoms with Gasteiger partial charge in [-0.2, -0.15) is 0 Å². The molecule has 4 nitrogen and oxygen atoms in total. The number of pyridine rings is 1. The molecule has 0 saturated heterocycles. The number of nitrogens with zero attached hydrogens (tertiary/aromatic N) is 1. The van der Waals surface area contributed by atoms with Crippen molar-refractivity contribution in [1.29, 1.82) is 0 Å². The molecule has 1 unspecified atom stereocenters. The fourth-order valence-corrected chi connectivity index (χ4v) is 2.50. The second-order valence-corrected chi connectivity index (χ2v) is 5.45. The number of nitrogens with one attached hydrogen (secondary N) is 2. The van der Waals surface area contributed by atoms with Crippen molar-refractivity contribution in [2.24, 2.45) is 0 Å². The molecule has 0 saturated carbocycles. The van der Waals surface area contributed by atoms with Crippen LogP contribution in [0.2, 0.25) is 4.34 Å². The number of hydrogen-bond acceptors (Lipinski definition) is 3. The molecule has 0 aliphatic rings. The molecule has 2 rings (SSSR count). The SMILES string of the molecule is CC(NC(=O)Nc1cccnc1)c1ccc(Cl)s1. The zero-order chi connectivity index (χ0) is 13.0. The van der Waals surface area contributed by atoms with Gasteiger partial charge in [-0.3, -0.25) is 4.98 Å². The van der Waals surface area contributed by atoms with E-state index in [0.29, 0.717) is 10.0 Å². The molecule has 1 atom stereocenters. The van der Waals surface area contributed by atoms with Gasteiger partial charge in [-0.25, -0.2) is 4.79 Å². The largest absolute Gasteiger partial charge is 0.331 e. The number of anilines is 1. The Morgan fingerprint density at radius 1 is 1.44 bits per heavy atom. The Morgan fingerprint density at radius 3 is 2.89 bits per heavy atom. The quantitative estimate of drug-likeness (QED) is 0.902. The molecule has 0 spiro atoms. The van der Waals surface area contributed by atoms with E-state index >= 15 is 0 Å². The van der Waals surface area contributed by atoms with Crippen molar-refractivity contribution in [2.75, 3.05) is 5.32 Å². The summed E-state index contributed by atoms with van der Waals surface area (Å²) in [5.41, 5.74) is 0.659. The van der Waals surface area contributed by atoms with Crippen LogP contribution < -0.4 is 10.6 Å². The van der Waals surface area contributed by atoms with Crippen LogP contribution in [0, 0.1) is 0 Å². The van der Waals surface area contributed by atoms with E-state index in [-0.39, 0.29) is 12.1 Å². The topological polar surface area (TPSA) is 54.0 Å². The van der Waals surface area contributed by atoms with Crippen LogP contribution in [-0.4, -0.2) is 11.0 Å². The lowest BCUT2D eigenvalue weighted by Crippen LogP contribution is -2.30. The maximum atomic E-state index is 11.7. The summed E-state index contributed by atoms with van der Waals surface area (Å²) in [5.74, 6) is 0. The second-order valence-electron chi connectivity index (χ2n) is 3.70. The predicted molar refractivity (Wildman–Crippen MR) is 74.1 cm³/mol. The van der Waals surface area contributed by atoms with Gasteiger partial charge in [0, 0.05) is 11.1 Å². The molecular formula is C12H12ClN3OS. The Bertz CT molecular complexity index is 529. The summed E-state index contributed by atoms with van der Waals surface area (Å²) in [7, 11) is 0. The molecular weight excluding hydrogens is 270 g/mol. The number of amides is 2. The fourth-order valence-electron chi connectivity index (χ4n) is 1.43. The van der Waals surface area contributed by atoms with Crippen molar-refractivity contribution in [1.82, 2.24) is 10.3 Å². The van der Waals surface area contributed by atoms with Gasteiger partial charge in [-0.1, -0.05) is 11.6 Å². The van der Waals surface area contributed by atoms with E-state index in [1.54, 1.807) is 24.5 Å². The Balaban J connectivity index is 1.92. The van der Waals surface area contributed by atoms with Gasteiger partial charge in [0.25, 0.3) is 0 Å². The Morgan fingerprint density at radius 2 is 2.28 bits per heavy atom. The van der Waals surface area contributed by atoms with Gasteiger partial charge >= 0.3 is 6.03 Å². The highest BCUT2D eigenvalue weighted by atomic mass is 35.5. The lowest BCUT2D eigenvalue weighted by molar-refractivity contribution is 0.249. The van der Waals surface area contributed by atoms with Crippen LogP contribution in [0.5, 0.6) is 0 Å². The van der Waals surface area contributed by atoms with Crippen LogP contribution in [0.15, 0.2) is 36.7 Å². The highest BCUT2D eigenvalue weighted by Gasteiger charge is 2.11. The molecule has 0 aliphatic heterocycles. The average Bonchev–Trinajstić information content (AvgIpc) is 2.77. The zero-order valence-corrected chi connectivity index (χ0v) is 11.3. The molecule has 2 aromatic rings. The van der Waals surface area contributed by atoms with Gasteiger partial charge in [0.05, 0.1) is 22.3 Å². The normalized spacial score (nSPS) is 11.9. The van der Waals surface area contributed by atoms with E-state index < -0.39 is 0 Å². The molecule has 2 aromatic heterocycles. The van der Waals surface area contributed by atoms with Crippen LogP contribution in [-0.2, 0) is 0 Å². The summed E-state index contributed by atoms with van der Waals surface area (Å²) < 4.78 is 0.714. The highest BCUT2D eigenvalue weighted by Crippen LogP contribution is 2.26. The standard InChI is InChI=1S/C12H12ClN3OS/c1-8(10-4-5-11(13)18-10)15-12(17)16-9-3-2-6-14-7-9/h2-8H,1H3,(H2,15,16,17). The molecule has 0 aromatic carbocycles. The Kier molecular flexibility index (Phi) is 4.17. The first-order valence-corrected chi connectivity index (χ1v) is 6.57. The molecule has 6 heteroatoms. The van der Waals surface area contributed by atoms with Crippen molar-refractivity contribution in [2.45, 2.75) is 13.0 Å². The second kappa shape index (κ2) is 5.84. The van der Waals surface area contributed by atoms with Crippen molar-refractivity contribution in [3.63, 3.8) is 0 Å². The van der Waals surface area contributed by atoms with Crippen molar-refractivity contribution < 1.29 is 4.79 Å². The average molecular weight is 282 g/mol. The minimum absolute atomic E-state index is 0.0841. The maximum Gasteiger partial charge on any atom is 0.319 e. The maximum absolute atomic E-state index is 11.7. The van der Waals surface area contributed by atoms with Crippen LogP contribution in [0.4, 0.5) is 10.5 Å². The van der Waals surface area contributed by atoms with Crippen LogP contribution >= 0.6 is 22.9 Å². The molecule has 94 valence electrons. The number of carbonyl (C=O) groups excluding carboxylic acids is 1. The zero-order valence-electron chi connectivity index (χ0n) is 9.68. The summed E-state index contributed by atoms with van der Waals surface area (Å²) in [6, 6.07) is 6.91. The first-order valence-electron chi connectivity index (χ1n) is 5.38. The number of aromatic nitrogens is 1. The fraction of sp³-hybridized carbons (Fsp3) is 0.167. The summed E-state index contributed by atoms with van der Waals surface area (Å²) >= 11 is 7.31. The van der Waals surface area contributed by atoms with Gasteiger partial charge in [-0.15, -0.1) is 11.3 Å². The van der Waals surface area contributed by atoms with E-state index in [2.05, 4.69) is 15.6 Å². The lowest BCUT2D eigenvalue weighted by Gasteiger charge is -2.12. The summed E-state index contributed by atoms with van der Waals surface area (Å²) in [5, 5.41) is 5.54. The molecule has 18 heavy (non-hydrogen) atoms. The van der Waals surface area contributed by atoms with Gasteiger partial charge in [0.2, 0.25) is 0 Å². The smallest absolute Gasteiger partial charge is 0.319 e. The molecule has 0 fully saturated rings. The molecule has 2 amide bonds. The third-order valence-electron chi connectivity index (χ3n) is 2.29. The van der Waals surface area contributed by atoms with Crippen molar-refractivity contribution in [3.05, 3.63) is 45.9 Å². The summed E-state index contributed by atoms with van der Waals surface area (Å²) in [6.45, 7) is 1.91. The lowest BCUT2D eigenvalue weighted by atomic mass is 10.3. The number of thiophene rings is 1. The predicted octanol–water partition coefficient (Wildman–Crippen LogP) is 3.68. The number of halogens is 1. The van der Waals surface area contributed by atoms with Crippen LogP contribution in [0.1, 0.15) is 17.8 Å². The third-order valence-corrected chi connectivity index (χ3v) is 3.70. The van der Waals surface area contributed by atoms with Crippen molar-refractivity contribution >= 4 is 34.7 Å². The monoisotopic (exact) mass is 281 g/mol. The van der Waals surface area contributed by atoms with E-state index in [1.165, 1.54) is 11.3 Å². The van der Waals surface area contributed by atoms with Gasteiger partial charge in [0.1, 0.15) is 0 Å². The number of carbonyl (C=O) groups is 1. The summed E-state index contributed by atoms with van der Waals surface area (Å²) in [4.78, 5) is 16.7. The molecule has 0 bridgehead atoms. The number of hydrogen-bond donors (Lipinski definition) is 2. The number of rotatable bonds is 3.